The lowest BCUT2D eigenvalue weighted by atomic mass is 9.63. The second kappa shape index (κ2) is 11.2. The van der Waals surface area contributed by atoms with Crippen molar-refractivity contribution < 1.29 is 14.6 Å². The molecule has 1 saturated carbocycles. The van der Waals surface area contributed by atoms with Gasteiger partial charge in [-0.05, 0) is 43.7 Å². The van der Waals surface area contributed by atoms with E-state index in [1.807, 2.05) is 19.1 Å². The fraction of sp³-hybridized carbons (Fsp3) is 0.640. The molecule has 0 amide bonds. The summed E-state index contributed by atoms with van der Waals surface area (Å²) in [4.78, 5) is 12.1. The van der Waals surface area contributed by atoms with Crippen LogP contribution in [0.1, 0.15) is 47.5 Å². The minimum absolute atomic E-state index is 0.0888. The second-order valence-corrected chi connectivity index (χ2v) is 16.0. The number of carbonyl (C=O) groups is 1. The average Bonchev–Trinajstić information content (AvgIpc) is 2.57. The van der Waals surface area contributed by atoms with E-state index in [1.54, 1.807) is 6.08 Å². The van der Waals surface area contributed by atoms with Crippen molar-refractivity contribution in [1.82, 2.24) is 0 Å². The molecule has 0 aliphatic heterocycles. The Kier molecular flexibility index (Phi) is 10.00. The number of allylic oxidation sites excluding steroid dienone is 7. The molecule has 1 aliphatic carbocycles. The number of aliphatic hydroxyl groups excluding tert-OH is 1. The van der Waals surface area contributed by atoms with Gasteiger partial charge >= 0.3 is 0 Å². The SMILES string of the molecule is CC(C=CC1C(C)C(=O)CCC1(C)C)=CC=CC(C)=CC(O)OCC[Si](C)(C)C. The van der Waals surface area contributed by atoms with Gasteiger partial charge in [-0.15, -0.1) is 0 Å². The first-order valence-electron chi connectivity index (χ1n) is 10.9. The molecule has 29 heavy (non-hydrogen) atoms. The van der Waals surface area contributed by atoms with Gasteiger partial charge in [0.15, 0.2) is 6.29 Å². The number of ketones is 1. The summed E-state index contributed by atoms with van der Waals surface area (Å²) in [7, 11) is -1.14. The molecule has 0 radical (unpaired) electrons. The van der Waals surface area contributed by atoms with Crippen LogP contribution in [-0.4, -0.2) is 31.9 Å². The summed E-state index contributed by atoms with van der Waals surface area (Å²) in [5.74, 6) is 0.749. The highest BCUT2D eigenvalue weighted by atomic mass is 28.3. The molecule has 4 heteroatoms. The molecule has 164 valence electrons. The van der Waals surface area contributed by atoms with Crippen molar-refractivity contribution in [1.29, 1.82) is 0 Å². The highest BCUT2D eigenvalue weighted by Crippen LogP contribution is 2.43. The Balaban J connectivity index is 2.61. The lowest BCUT2D eigenvalue weighted by molar-refractivity contribution is -0.128. The van der Waals surface area contributed by atoms with Crippen LogP contribution in [-0.2, 0) is 9.53 Å². The van der Waals surface area contributed by atoms with Crippen LogP contribution in [0.5, 0.6) is 0 Å². The maximum atomic E-state index is 12.1. The van der Waals surface area contributed by atoms with E-state index in [2.05, 4.69) is 65.6 Å². The molecule has 1 aliphatic rings. The molecular weight excluding hydrogens is 376 g/mol. The number of ether oxygens (including phenoxy) is 1. The van der Waals surface area contributed by atoms with Crippen molar-refractivity contribution in [3.63, 3.8) is 0 Å². The molecule has 0 aromatic rings. The van der Waals surface area contributed by atoms with Crippen LogP contribution < -0.4 is 0 Å². The molecule has 0 spiro atoms. The Morgan fingerprint density at radius 2 is 1.90 bits per heavy atom. The lowest BCUT2D eigenvalue weighted by Crippen LogP contribution is -2.37. The standard InChI is InChI=1S/C25H42O3Si/c1-19(12-13-22-21(3)23(26)14-15-25(22,4)5)10-9-11-20(2)18-24(27)28-16-17-29(6,7)8/h9-13,18,21-22,24,27H,14-17H2,1-8H3. The largest absolute Gasteiger partial charge is 0.365 e. The third-order valence-corrected chi connectivity index (χ3v) is 7.50. The summed E-state index contributed by atoms with van der Waals surface area (Å²) in [5, 5.41) is 9.98. The third kappa shape index (κ3) is 9.88. The van der Waals surface area contributed by atoms with Crippen molar-refractivity contribution in [3.05, 3.63) is 47.6 Å². The van der Waals surface area contributed by atoms with E-state index < -0.39 is 14.4 Å². The Labute approximate surface area is 179 Å². The first kappa shape index (κ1) is 25.8. The minimum atomic E-state index is -1.14. The first-order valence-corrected chi connectivity index (χ1v) is 14.6. The summed E-state index contributed by atoms with van der Waals surface area (Å²) in [6.07, 6.45) is 12.9. The number of Topliss-reactive ketones (excluding diaryl/α,β-unsaturated/α-hetero) is 1. The van der Waals surface area contributed by atoms with Crippen molar-refractivity contribution >= 4 is 13.9 Å². The summed E-state index contributed by atoms with van der Waals surface area (Å²) in [5.41, 5.74) is 2.26. The average molecular weight is 419 g/mol. The Morgan fingerprint density at radius 3 is 2.52 bits per heavy atom. The van der Waals surface area contributed by atoms with E-state index in [1.165, 1.54) is 0 Å². The van der Waals surface area contributed by atoms with Gasteiger partial charge in [-0.25, -0.2) is 0 Å². The Morgan fingerprint density at radius 1 is 1.24 bits per heavy atom. The van der Waals surface area contributed by atoms with Crippen LogP contribution in [0.15, 0.2) is 47.6 Å². The van der Waals surface area contributed by atoms with Gasteiger partial charge in [-0.2, -0.15) is 0 Å². The van der Waals surface area contributed by atoms with Gasteiger partial charge < -0.3 is 9.84 Å². The first-order chi connectivity index (χ1) is 13.3. The molecule has 0 heterocycles. The van der Waals surface area contributed by atoms with Crippen LogP contribution in [0.25, 0.3) is 0 Å². The number of hydrogen-bond donors (Lipinski definition) is 1. The lowest BCUT2D eigenvalue weighted by Gasteiger charge is -2.40. The van der Waals surface area contributed by atoms with E-state index in [4.69, 9.17) is 4.74 Å². The van der Waals surface area contributed by atoms with Gasteiger partial charge in [0, 0.05) is 27.0 Å². The molecule has 0 aromatic carbocycles. The smallest absolute Gasteiger partial charge is 0.174 e. The predicted octanol–water partition coefficient (Wildman–Crippen LogP) is 6.31. The Bertz CT molecular complexity index is 662. The summed E-state index contributed by atoms with van der Waals surface area (Å²) >= 11 is 0. The van der Waals surface area contributed by atoms with Crippen LogP contribution in [0.3, 0.4) is 0 Å². The van der Waals surface area contributed by atoms with Gasteiger partial charge in [0.05, 0.1) is 0 Å². The van der Waals surface area contributed by atoms with Crippen molar-refractivity contribution in [2.75, 3.05) is 6.61 Å². The molecule has 0 aromatic heterocycles. The highest BCUT2D eigenvalue weighted by molar-refractivity contribution is 6.76. The van der Waals surface area contributed by atoms with E-state index in [0.29, 0.717) is 18.8 Å². The van der Waals surface area contributed by atoms with Gasteiger partial charge in [-0.3, -0.25) is 4.79 Å². The maximum absolute atomic E-state index is 12.1. The number of hydrogen-bond acceptors (Lipinski definition) is 3. The third-order valence-electron chi connectivity index (χ3n) is 5.80. The predicted molar refractivity (Wildman–Crippen MR) is 127 cm³/mol. The number of rotatable bonds is 9. The van der Waals surface area contributed by atoms with E-state index >= 15 is 0 Å². The summed E-state index contributed by atoms with van der Waals surface area (Å²) in [6.45, 7) is 18.1. The second-order valence-electron chi connectivity index (χ2n) is 10.4. The number of carbonyl (C=O) groups excluding carboxylic acids is 1. The zero-order chi connectivity index (χ0) is 22.2. The maximum Gasteiger partial charge on any atom is 0.174 e. The van der Waals surface area contributed by atoms with Gasteiger partial charge in [-0.1, -0.05) is 81.9 Å². The van der Waals surface area contributed by atoms with Crippen molar-refractivity contribution in [2.24, 2.45) is 17.3 Å². The monoisotopic (exact) mass is 418 g/mol. The van der Waals surface area contributed by atoms with E-state index in [9.17, 15) is 9.90 Å². The normalized spacial score (nSPS) is 25.2. The molecule has 1 rings (SSSR count). The molecule has 3 nitrogen and oxygen atoms in total. The molecule has 1 N–H and O–H groups in total. The topological polar surface area (TPSA) is 46.5 Å². The fourth-order valence-electron chi connectivity index (χ4n) is 3.62. The summed E-state index contributed by atoms with van der Waals surface area (Å²) in [6, 6.07) is 1.04. The molecule has 0 saturated heterocycles. The van der Waals surface area contributed by atoms with E-state index in [-0.39, 0.29) is 17.3 Å². The van der Waals surface area contributed by atoms with E-state index in [0.717, 1.165) is 23.6 Å². The van der Waals surface area contributed by atoms with Crippen LogP contribution in [0.2, 0.25) is 25.7 Å². The van der Waals surface area contributed by atoms with Gasteiger partial charge in [0.25, 0.3) is 0 Å². The Hall–Kier alpha value is -1.23. The molecule has 3 unspecified atom stereocenters. The highest BCUT2D eigenvalue weighted by Gasteiger charge is 2.39. The zero-order valence-electron chi connectivity index (χ0n) is 19.8. The summed E-state index contributed by atoms with van der Waals surface area (Å²) < 4.78 is 5.49. The van der Waals surface area contributed by atoms with Crippen LogP contribution >= 0.6 is 0 Å². The number of aliphatic hydroxyl groups is 1. The fourth-order valence-corrected chi connectivity index (χ4v) is 4.35. The minimum Gasteiger partial charge on any atom is -0.365 e. The molecule has 1 fully saturated rings. The zero-order valence-corrected chi connectivity index (χ0v) is 20.8. The van der Waals surface area contributed by atoms with Crippen molar-refractivity contribution in [3.8, 4) is 0 Å². The molecular formula is C25H42O3Si. The van der Waals surface area contributed by atoms with Crippen molar-refractivity contribution in [2.45, 2.75) is 79.4 Å². The van der Waals surface area contributed by atoms with Gasteiger partial charge in [0.2, 0.25) is 0 Å². The molecule has 3 atom stereocenters. The van der Waals surface area contributed by atoms with Crippen LogP contribution in [0, 0.1) is 17.3 Å². The van der Waals surface area contributed by atoms with Gasteiger partial charge in [0.1, 0.15) is 5.78 Å². The molecule has 0 bridgehead atoms. The quantitative estimate of drug-likeness (QED) is 0.271. The van der Waals surface area contributed by atoms with Crippen LogP contribution in [0.4, 0.5) is 0 Å².